The summed E-state index contributed by atoms with van der Waals surface area (Å²) < 4.78 is 5.11. The predicted molar refractivity (Wildman–Crippen MR) is 88.3 cm³/mol. The summed E-state index contributed by atoms with van der Waals surface area (Å²) in [6, 6.07) is 1.95. The lowest BCUT2D eigenvalue weighted by molar-refractivity contribution is -0.124. The molecule has 1 aliphatic rings. The molecule has 0 aliphatic heterocycles. The summed E-state index contributed by atoms with van der Waals surface area (Å²) in [4.78, 5) is 25.6. The molecule has 0 fully saturated rings. The Morgan fingerprint density at radius 2 is 2.23 bits per heavy atom. The van der Waals surface area contributed by atoms with Crippen LogP contribution in [0.2, 0.25) is 0 Å². The van der Waals surface area contributed by atoms with E-state index in [0.29, 0.717) is 17.3 Å². The fourth-order valence-corrected chi connectivity index (χ4v) is 3.72. The fraction of sp³-hybridized carbons (Fsp3) is 0.647. The third kappa shape index (κ3) is 4.57. The minimum Gasteiger partial charge on any atom is -0.451 e. The van der Waals surface area contributed by atoms with Crippen LogP contribution in [0.5, 0.6) is 0 Å². The molecule has 1 aromatic rings. The average Bonchev–Trinajstić information content (AvgIpc) is 2.93. The van der Waals surface area contributed by atoms with Crippen molar-refractivity contribution in [2.24, 2.45) is 11.8 Å². The summed E-state index contributed by atoms with van der Waals surface area (Å²) in [6.07, 6.45) is 4.51. The molecule has 1 N–H and O–H groups in total. The van der Waals surface area contributed by atoms with Gasteiger partial charge in [0.25, 0.3) is 5.91 Å². The standard InChI is InChI=1S/C17H25NO3S/c1-4-12-5-6-14-13(7-12)8-15(22-14)17(20)21-10-16(19)18-9-11(2)3/h8,11-12H,4-7,9-10H2,1-3H3,(H,18,19)/t12-/m1/s1. The lowest BCUT2D eigenvalue weighted by Gasteiger charge is -2.19. The first kappa shape index (κ1) is 17.0. The quantitative estimate of drug-likeness (QED) is 0.818. The molecule has 1 aliphatic carbocycles. The number of ether oxygens (including phenoxy) is 1. The molecule has 0 saturated carbocycles. The van der Waals surface area contributed by atoms with E-state index < -0.39 is 0 Å². The fourth-order valence-electron chi connectivity index (χ4n) is 2.62. The number of rotatable bonds is 6. The van der Waals surface area contributed by atoms with Crippen molar-refractivity contribution >= 4 is 23.2 Å². The van der Waals surface area contributed by atoms with Crippen LogP contribution in [0.25, 0.3) is 0 Å². The number of aryl methyl sites for hydroxylation is 1. The van der Waals surface area contributed by atoms with Crippen LogP contribution in [-0.2, 0) is 22.4 Å². The van der Waals surface area contributed by atoms with Gasteiger partial charge in [-0.3, -0.25) is 4.79 Å². The zero-order valence-corrected chi connectivity index (χ0v) is 14.4. The van der Waals surface area contributed by atoms with Gasteiger partial charge in [-0.2, -0.15) is 0 Å². The van der Waals surface area contributed by atoms with Gasteiger partial charge < -0.3 is 10.1 Å². The first-order chi connectivity index (χ1) is 10.5. The molecule has 2 rings (SSSR count). The van der Waals surface area contributed by atoms with Gasteiger partial charge in [-0.05, 0) is 42.7 Å². The molecule has 22 heavy (non-hydrogen) atoms. The number of nitrogens with one attached hydrogen (secondary N) is 1. The highest BCUT2D eigenvalue weighted by atomic mass is 32.1. The van der Waals surface area contributed by atoms with E-state index >= 15 is 0 Å². The Hall–Kier alpha value is -1.36. The largest absolute Gasteiger partial charge is 0.451 e. The summed E-state index contributed by atoms with van der Waals surface area (Å²) in [5.41, 5.74) is 1.29. The van der Waals surface area contributed by atoms with Gasteiger partial charge in [0.2, 0.25) is 0 Å². The molecule has 0 radical (unpaired) electrons. The Balaban J connectivity index is 1.86. The monoisotopic (exact) mass is 323 g/mol. The number of hydrogen-bond acceptors (Lipinski definition) is 4. The van der Waals surface area contributed by atoms with E-state index in [1.165, 1.54) is 34.6 Å². The topological polar surface area (TPSA) is 55.4 Å². The van der Waals surface area contributed by atoms with Crippen LogP contribution in [0.3, 0.4) is 0 Å². The van der Waals surface area contributed by atoms with Crippen molar-refractivity contribution in [1.29, 1.82) is 0 Å². The zero-order valence-electron chi connectivity index (χ0n) is 13.6. The normalized spacial score (nSPS) is 17.2. The molecule has 1 atom stereocenters. The number of carbonyl (C=O) groups is 2. The average molecular weight is 323 g/mol. The van der Waals surface area contributed by atoms with Crippen molar-refractivity contribution < 1.29 is 14.3 Å². The van der Waals surface area contributed by atoms with Gasteiger partial charge in [-0.15, -0.1) is 11.3 Å². The Kier molecular flexibility index (Phi) is 6.00. The molecule has 0 aromatic carbocycles. The number of carbonyl (C=O) groups excluding carboxylic acids is 2. The van der Waals surface area contributed by atoms with Crippen molar-refractivity contribution in [3.63, 3.8) is 0 Å². The van der Waals surface area contributed by atoms with E-state index in [4.69, 9.17) is 4.74 Å². The second-order valence-corrected chi connectivity index (χ2v) is 7.49. The highest BCUT2D eigenvalue weighted by Gasteiger charge is 2.22. The summed E-state index contributed by atoms with van der Waals surface area (Å²) in [6.45, 7) is 6.65. The molecular weight excluding hydrogens is 298 g/mol. The Morgan fingerprint density at radius 1 is 1.45 bits per heavy atom. The van der Waals surface area contributed by atoms with Crippen LogP contribution < -0.4 is 5.32 Å². The Morgan fingerprint density at radius 3 is 2.91 bits per heavy atom. The molecule has 5 heteroatoms. The maximum absolute atomic E-state index is 12.1. The van der Waals surface area contributed by atoms with E-state index in [9.17, 15) is 9.59 Å². The predicted octanol–water partition coefficient (Wildman–Crippen LogP) is 3.19. The van der Waals surface area contributed by atoms with E-state index in [2.05, 4.69) is 12.2 Å². The summed E-state index contributed by atoms with van der Waals surface area (Å²) in [5, 5.41) is 2.74. The van der Waals surface area contributed by atoms with Crippen LogP contribution in [0, 0.1) is 11.8 Å². The van der Waals surface area contributed by atoms with E-state index in [1.807, 2.05) is 19.9 Å². The molecule has 4 nitrogen and oxygen atoms in total. The van der Waals surface area contributed by atoms with Gasteiger partial charge in [0.05, 0.1) is 0 Å². The maximum atomic E-state index is 12.1. The van der Waals surface area contributed by atoms with Crippen LogP contribution in [-0.4, -0.2) is 25.0 Å². The number of esters is 1. The van der Waals surface area contributed by atoms with Gasteiger partial charge in [0.1, 0.15) is 4.88 Å². The van der Waals surface area contributed by atoms with Crippen molar-refractivity contribution in [1.82, 2.24) is 5.32 Å². The summed E-state index contributed by atoms with van der Waals surface area (Å²) in [7, 11) is 0. The number of amides is 1. The highest BCUT2D eigenvalue weighted by Crippen LogP contribution is 2.33. The molecule has 0 saturated heterocycles. The number of hydrogen-bond donors (Lipinski definition) is 1. The van der Waals surface area contributed by atoms with E-state index in [-0.39, 0.29) is 18.5 Å². The van der Waals surface area contributed by atoms with E-state index in [1.54, 1.807) is 0 Å². The first-order valence-corrected chi connectivity index (χ1v) is 8.86. The highest BCUT2D eigenvalue weighted by molar-refractivity contribution is 7.14. The van der Waals surface area contributed by atoms with Gasteiger partial charge >= 0.3 is 5.97 Å². The second kappa shape index (κ2) is 7.77. The molecule has 1 amide bonds. The van der Waals surface area contributed by atoms with Gasteiger partial charge in [-0.25, -0.2) is 4.79 Å². The SMILES string of the molecule is CC[C@@H]1CCc2sc(C(=O)OCC(=O)NCC(C)C)cc2C1. The molecular formula is C17H25NO3S. The third-order valence-corrected chi connectivity index (χ3v) is 5.22. The van der Waals surface area contributed by atoms with Gasteiger partial charge in [0.15, 0.2) is 6.61 Å². The minimum atomic E-state index is -0.382. The number of thiophene rings is 1. The van der Waals surface area contributed by atoms with Gasteiger partial charge in [-0.1, -0.05) is 27.2 Å². The van der Waals surface area contributed by atoms with Gasteiger partial charge in [0, 0.05) is 11.4 Å². The van der Waals surface area contributed by atoms with E-state index in [0.717, 1.165) is 18.8 Å². The van der Waals surface area contributed by atoms with Crippen LogP contribution >= 0.6 is 11.3 Å². The third-order valence-electron chi connectivity index (χ3n) is 4.01. The van der Waals surface area contributed by atoms with Crippen molar-refractivity contribution in [2.75, 3.05) is 13.2 Å². The molecule has 0 bridgehead atoms. The van der Waals surface area contributed by atoms with Crippen LogP contribution in [0.1, 0.15) is 53.7 Å². The number of fused-ring (bicyclic) bond motifs is 1. The van der Waals surface area contributed by atoms with Crippen molar-refractivity contribution in [2.45, 2.75) is 46.5 Å². The molecule has 0 spiro atoms. The van der Waals surface area contributed by atoms with Crippen LogP contribution in [0.4, 0.5) is 0 Å². The lowest BCUT2D eigenvalue weighted by atomic mass is 9.87. The molecule has 1 aromatic heterocycles. The maximum Gasteiger partial charge on any atom is 0.348 e. The Bertz CT molecular complexity index is 536. The summed E-state index contributed by atoms with van der Waals surface area (Å²) in [5.74, 6) is 0.490. The molecule has 0 unspecified atom stereocenters. The van der Waals surface area contributed by atoms with Crippen LogP contribution in [0.15, 0.2) is 6.07 Å². The minimum absolute atomic E-state index is 0.203. The lowest BCUT2D eigenvalue weighted by Crippen LogP contribution is -2.31. The second-order valence-electron chi connectivity index (χ2n) is 6.35. The van der Waals surface area contributed by atoms with Crippen molar-refractivity contribution in [3.8, 4) is 0 Å². The zero-order chi connectivity index (χ0) is 16.1. The van der Waals surface area contributed by atoms with Crippen molar-refractivity contribution in [3.05, 3.63) is 21.4 Å². The summed E-state index contributed by atoms with van der Waals surface area (Å²) >= 11 is 1.52. The Labute approximate surface area is 136 Å². The molecule has 122 valence electrons. The molecule has 1 heterocycles. The first-order valence-electron chi connectivity index (χ1n) is 8.05. The smallest absolute Gasteiger partial charge is 0.348 e.